The Morgan fingerprint density at radius 1 is 1.15 bits per heavy atom. The van der Waals surface area contributed by atoms with Gasteiger partial charge in [-0.25, -0.2) is 15.8 Å². The highest BCUT2D eigenvalue weighted by atomic mass is 32.1. The highest BCUT2D eigenvalue weighted by Gasteiger charge is 2.16. The second-order valence-electron chi connectivity index (χ2n) is 7.96. The van der Waals surface area contributed by atoms with Crippen molar-refractivity contribution < 1.29 is 4.74 Å². The van der Waals surface area contributed by atoms with E-state index < -0.39 is 0 Å². The van der Waals surface area contributed by atoms with Crippen LogP contribution in [0.3, 0.4) is 0 Å². The van der Waals surface area contributed by atoms with Crippen molar-refractivity contribution in [3.8, 4) is 12.3 Å². The number of nitrogens with two attached hydrogens (primary N) is 1. The van der Waals surface area contributed by atoms with Gasteiger partial charge in [-0.15, -0.1) is 6.42 Å². The van der Waals surface area contributed by atoms with Crippen molar-refractivity contribution in [3.63, 3.8) is 0 Å². The molecular formula is C25H25N7OS. The molecule has 0 amide bonds. The van der Waals surface area contributed by atoms with E-state index in [9.17, 15) is 0 Å². The lowest BCUT2D eigenvalue weighted by molar-refractivity contribution is 0.0384. The molecule has 0 bridgehead atoms. The number of nitrogens with zero attached hydrogens (tertiary/aromatic N) is 5. The van der Waals surface area contributed by atoms with Crippen molar-refractivity contribution in [2.24, 2.45) is 5.84 Å². The van der Waals surface area contributed by atoms with Crippen LogP contribution in [0.4, 0.5) is 22.3 Å². The number of hydrogen-bond acceptors (Lipinski definition) is 9. The third-order valence-corrected chi connectivity index (χ3v) is 6.67. The summed E-state index contributed by atoms with van der Waals surface area (Å²) in [6.45, 7) is 4.73. The second-order valence-corrected chi connectivity index (χ2v) is 8.96. The van der Waals surface area contributed by atoms with Gasteiger partial charge in [0.1, 0.15) is 11.0 Å². The van der Waals surface area contributed by atoms with Gasteiger partial charge in [0.05, 0.1) is 18.9 Å². The molecule has 4 aromatic rings. The van der Waals surface area contributed by atoms with Crippen molar-refractivity contribution >= 4 is 44.0 Å². The molecule has 0 aliphatic carbocycles. The predicted molar refractivity (Wildman–Crippen MR) is 137 cm³/mol. The fourth-order valence-corrected chi connectivity index (χ4v) is 4.75. The maximum Gasteiger partial charge on any atom is 0.189 e. The minimum Gasteiger partial charge on any atom is -0.379 e. The van der Waals surface area contributed by atoms with E-state index in [0.717, 1.165) is 66.0 Å². The van der Waals surface area contributed by atoms with E-state index in [0.29, 0.717) is 11.5 Å². The van der Waals surface area contributed by atoms with E-state index in [1.807, 2.05) is 24.3 Å². The predicted octanol–water partition coefficient (Wildman–Crippen LogP) is 3.70. The van der Waals surface area contributed by atoms with Gasteiger partial charge in [-0.2, -0.15) is 4.98 Å². The van der Waals surface area contributed by atoms with Crippen LogP contribution < -0.4 is 16.2 Å². The molecule has 0 atom stereocenters. The number of rotatable bonds is 7. The van der Waals surface area contributed by atoms with Crippen molar-refractivity contribution in [2.45, 2.75) is 6.42 Å². The molecule has 1 aliphatic heterocycles. The summed E-state index contributed by atoms with van der Waals surface area (Å²) in [7, 11) is 0. The largest absolute Gasteiger partial charge is 0.379 e. The molecule has 5 rings (SSSR count). The summed E-state index contributed by atoms with van der Waals surface area (Å²) >= 11 is 1.46. The van der Waals surface area contributed by atoms with Gasteiger partial charge >= 0.3 is 0 Å². The van der Waals surface area contributed by atoms with E-state index in [1.54, 1.807) is 0 Å². The molecule has 9 heteroatoms. The number of morpholine rings is 1. The number of fused-ring (bicyclic) bond motifs is 1. The number of hydrogen-bond donors (Lipinski definition) is 2. The monoisotopic (exact) mass is 471 g/mol. The van der Waals surface area contributed by atoms with Crippen molar-refractivity contribution in [2.75, 3.05) is 43.2 Å². The summed E-state index contributed by atoms with van der Waals surface area (Å²) in [6, 6.07) is 15.9. The molecule has 0 spiro atoms. The van der Waals surface area contributed by atoms with Crippen LogP contribution in [0.1, 0.15) is 11.1 Å². The van der Waals surface area contributed by atoms with Crippen LogP contribution >= 0.6 is 11.3 Å². The standard InChI is InChI=1S/C25H25N7OS/c1-2-18-4-3-5-21(16-18)32(26)24-22-23(27-17-28-24)30-25(34-22)29-20-8-6-19(7-9-20)10-11-31-12-14-33-15-13-31/h1,3-9,16-17H,10-15,26H2,(H,27,28,29,30). The van der Waals surface area contributed by atoms with Gasteiger partial charge in [0.15, 0.2) is 16.6 Å². The van der Waals surface area contributed by atoms with Crippen LogP contribution in [-0.2, 0) is 11.2 Å². The molecule has 8 nitrogen and oxygen atoms in total. The summed E-state index contributed by atoms with van der Waals surface area (Å²) in [5.41, 5.74) is 4.35. The smallest absolute Gasteiger partial charge is 0.189 e. The van der Waals surface area contributed by atoms with Gasteiger partial charge in [0.2, 0.25) is 0 Å². The summed E-state index contributed by atoms with van der Waals surface area (Å²) in [5, 5.41) is 5.61. The summed E-state index contributed by atoms with van der Waals surface area (Å²) in [5.74, 6) is 9.59. The third-order valence-electron chi connectivity index (χ3n) is 5.72. The average molecular weight is 472 g/mol. The molecule has 2 aromatic heterocycles. The number of benzene rings is 2. The Hall–Kier alpha value is -3.55. The number of hydrazine groups is 1. The molecule has 34 heavy (non-hydrogen) atoms. The Kier molecular flexibility index (Phi) is 6.65. The molecule has 1 fully saturated rings. The Bertz CT molecular complexity index is 1310. The molecule has 0 saturated carbocycles. The minimum absolute atomic E-state index is 0.572. The van der Waals surface area contributed by atoms with E-state index in [4.69, 9.17) is 17.0 Å². The van der Waals surface area contributed by atoms with Crippen molar-refractivity contribution in [1.29, 1.82) is 0 Å². The number of nitrogens with one attached hydrogen (secondary N) is 1. The first-order chi connectivity index (χ1) is 16.7. The number of ether oxygens (including phenoxy) is 1. The topological polar surface area (TPSA) is 92.4 Å². The zero-order valence-corrected chi connectivity index (χ0v) is 19.5. The molecule has 0 unspecified atom stereocenters. The van der Waals surface area contributed by atoms with Gasteiger partial charge in [-0.3, -0.25) is 9.91 Å². The molecule has 3 heterocycles. The molecule has 172 valence electrons. The van der Waals surface area contributed by atoms with Gasteiger partial charge in [0.25, 0.3) is 0 Å². The lowest BCUT2D eigenvalue weighted by Gasteiger charge is -2.26. The highest BCUT2D eigenvalue weighted by Crippen LogP contribution is 2.34. The van der Waals surface area contributed by atoms with Gasteiger partial charge in [0, 0.05) is 30.9 Å². The minimum atomic E-state index is 0.572. The van der Waals surface area contributed by atoms with Crippen molar-refractivity contribution in [3.05, 3.63) is 66.0 Å². The van der Waals surface area contributed by atoms with E-state index >= 15 is 0 Å². The Balaban J connectivity index is 1.29. The third kappa shape index (κ3) is 5.00. The first kappa shape index (κ1) is 22.3. The number of terminal acetylenes is 1. The lowest BCUT2D eigenvalue weighted by atomic mass is 10.1. The van der Waals surface area contributed by atoms with Crippen LogP contribution in [0.2, 0.25) is 0 Å². The quantitative estimate of drug-likeness (QED) is 0.240. The highest BCUT2D eigenvalue weighted by molar-refractivity contribution is 7.22. The molecule has 1 aliphatic rings. The van der Waals surface area contributed by atoms with Crippen LogP contribution in [0.15, 0.2) is 54.9 Å². The second kappa shape index (κ2) is 10.2. The summed E-state index contributed by atoms with van der Waals surface area (Å²) < 4.78 is 6.21. The normalized spacial score (nSPS) is 14.1. The van der Waals surface area contributed by atoms with Gasteiger partial charge in [-0.05, 0) is 42.3 Å². The molecule has 1 saturated heterocycles. The van der Waals surface area contributed by atoms with Crippen molar-refractivity contribution in [1.82, 2.24) is 19.9 Å². The zero-order valence-electron chi connectivity index (χ0n) is 18.6. The van der Waals surface area contributed by atoms with E-state index in [1.165, 1.54) is 28.2 Å². The molecule has 0 radical (unpaired) electrons. The SMILES string of the molecule is C#Cc1cccc(N(N)c2ncnc3nc(Nc4ccc(CCN5CCOCC5)cc4)sc23)c1. The van der Waals surface area contributed by atoms with Crippen LogP contribution in [-0.4, -0.2) is 52.7 Å². The summed E-state index contributed by atoms with van der Waals surface area (Å²) in [6.07, 6.45) is 8.02. The maximum atomic E-state index is 6.39. The summed E-state index contributed by atoms with van der Waals surface area (Å²) in [4.78, 5) is 15.8. The Morgan fingerprint density at radius 3 is 2.76 bits per heavy atom. The van der Waals surface area contributed by atoms with Gasteiger partial charge < -0.3 is 10.1 Å². The first-order valence-corrected chi connectivity index (χ1v) is 11.9. The van der Waals surface area contributed by atoms with E-state index in [-0.39, 0.29) is 0 Å². The van der Waals surface area contributed by atoms with Crippen LogP contribution in [0.5, 0.6) is 0 Å². The first-order valence-electron chi connectivity index (χ1n) is 11.1. The fraction of sp³-hybridized carbons (Fsp3) is 0.240. The molecule has 2 aromatic carbocycles. The Labute approximate surface area is 202 Å². The van der Waals surface area contributed by atoms with E-state index in [2.05, 4.69) is 55.4 Å². The number of thiazole rings is 1. The zero-order chi connectivity index (χ0) is 23.3. The molecular weight excluding hydrogens is 446 g/mol. The van der Waals surface area contributed by atoms with Gasteiger partial charge in [-0.1, -0.05) is 35.5 Å². The molecule has 3 N–H and O–H groups in total. The fourth-order valence-electron chi connectivity index (χ4n) is 3.83. The average Bonchev–Trinajstić information content (AvgIpc) is 3.31. The number of aromatic nitrogens is 3. The lowest BCUT2D eigenvalue weighted by Crippen LogP contribution is -2.37. The van der Waals surface area contributed by atoms with Crippen LogP contribution in [0, 0.1) is 12.3 Å². The number of anilines is 4. The van der Waals surface area contributed by atoms with Crippen LogP contribution in [0.25, 0.3) is 10.3 Å². The Morgan fingerprint density at radius 2 is 1.97 bits per heavy atom. The maximum absolute atomic E-state index is 6.39.